The summed E-state index contributed by atoms with van der Waals surface area (Å²) in [6.07, 6.45) is 7.73. The summed E-state index contributed by atoms with van der Waals surface area (Å²) >= 11 is 3.83. The molecule has 0 radical (unpaired) electrons. The van der Waals surface area contributed by atoms with Gasteiger partial charge in [0.05, 0.1) is 6.10 Å². The van der Waals surface area contributed by atoms with Crippen molar-refractivity contribution in [3.05, 3.63) is 0 Å². The molecule has 1 saturated carbocycles. The second-order valence-electron chi connectivity index (χ2n) is 5.04. The van der Waals surface area contributed by atoms with Crippen molar-refractivity contribution >= 4 is 23.5 Å². The highest BCUT2D eigenvalue weighted by Crippen LogP contribution is 2.43. The van der Waals surface area contributed by atoms with Crippen molar-refractivity contribution in [3.63, 3.8) is 0 Å². The van der Waals surface area contributed by atoms with E-state index < -0.39 is 0 Å². The summed E-state index contributed by atoms with van der Waals surface area (Å²) in [5.74, 6) is 2.33. The average molecular weight is 248 g/mol. The highest BCUT2D eigenvalue weighted by Gasteiger charge is 2.40. The second-order valence-corrected chi connectivity index (χ2v) is 7.25. The third-order valence-corrected chi connectivity index (χ3v) is 6.21. The summed E-state index contributed by atoms with van der Waals surface area (Å²) < 4.78 is 0.249. The number of thioether (sulfide) groups is 2. The van der Waals surface area contributed by atoms with E-state index in [0.29, 0.717) is 11.8 Å². The summed E-state index contributed by atoms with van der Waals surface area (Å²) in [7, 11) is 0. The molecule has 0 saturated heterocycles. The molecular weight excluding hydrogens is 224 g/mol. The number of rotatable bonds is 4. The zero-order valence-electron chi connectivity index (χ0n) is 10.3. The molecular formula is C12H24OS2. The Morgan fingerprint density at radius 3 is 2.47 bits per heavy atom. The smallest absolute Gasteiger partial charge is 0.0584 e. The summed E-state index contributed by atoms with van der Waals surface area (Å²) in [5, 5.41) is 10.2. The Morgan fingerprint density at radius 2 is 2.00 bits per heavy atom. The fourth-order valence-corrected chi connectivity index (χ4v) is 4.86. The van der Waals surface area contributed by atoms with Crippen LogP contribution in [0.15, 0.2) is 0 Å². The van der Waals surface area contributed by atoms with E-state index in [0.717, 1.165) is 12.2 Å². The van der Waals surface area contributed by atoms with E-state index in [9.17, 15) is 5.11 Å². The highest BCUT2D eigenvalue weighted by atomic mass is 32.2. The van der Waals surface area contributed by atoms with E-state index in [1.807, 2.05) is 23.5 Å². The SMILES string of the molecule is CSCC(C)(SC)C1CCC(C)CC1O. The maximum Gasteiger partial charge on any atom is 0.0584 e. The minimum atomic E-state index is -0.0849. The third-order valence-electron chi connectivity index (χ3n) is 3.76. The lowest BCUT2D eigenvalue weighted by Gasteiger charge is -2.43. The predicted molar refractivity (Wildman–Crippen MR) is 72.8 cm³/mol. The van der Waals surface area contributed by atoms with Gasteiger partial charge in [-0.05, 0) is 38.2 Å². The van der Waals surface area contributed by atoms with Gasteiger partial charge in [-0.25, -0.2) is 0 Å². The van der Waals surface area contributed by atoms with Crippen LogP contribution in [0.25, 0.3) is 0 Å². The molecule has 0 spiro atoms. The fraction of sp³-hybridized carbons (Fsp3) is 1.00. The van der Waals surface area contributed by atoms with Gasteiger partial charge in [-0.2, -0.15) is 23.5 Å². The van der Waals surface area contributed by atoms with Gasteiger partial charge in [-0.3, -0.25) is 0 Å². The largest absolute Gasteiger partial charge is 0.393 e. The van der Waals surface area contributed by atoms with Crippen molar-refractivity contribution < 1.29 is 5.11 Å². The Balaban J connectivity index is 2.67. The molecule has 90 valence electrons. The first-order chi connectivity index (χ1) is 7.03. The maximum atomic E-state index is 10.2. The van der Waals surface area contributed by atoms with E-state index >= 15 is 0 Å². The van der Waals surface area contributed by atoms with Crippen molar-refractivity contribution in [2.24, 2.45) is 11.8 Å². The Bertz CT molecular complexity index is 198. The van der Waals surface area contributed by atoms with Crippen molar-refractivity contribution in [2.45, 2.75) is 44.0 Å². The quantitative estimate of drug-likeness (QED) is 0.824. The number of aliphatic hydroxyl groups is 1. The normalized spacial score (nSPS) is 36.2. The molecule has 0 aromatic carbocycles. The predicted octanol–water partition coefficient (Wildman–Crippen LogP) is 3.27. The summed E-state index contributed by atoms with van der Waals surface area (Å²) in [6, 6.07) is 0. The van der Waals surface area contributed by atoms with Crippen LogP contribution in [0.2, 0.25) is 0 Å². The van der Waals surface area contributed by atoms with Gasteiger partial charge in [0.25, 0.3) is 0 Å². The standard InChI is InChI=1S/C12H24OS2/c1-9-5-6-10(11(13)7-9)12(2,15-4)8-14-3/h9-11,13H,5-8H2,1-4H3. The molecule has 0 amide bonds. The Kier molecular flexibility index (Phi) is 5.33. The van der Waals surface area contributed by atoms with Crippen LogP contribution in [0, 0.1) is 11.8 Å². The van der Waals surface area contributed by atoms with Crippen LogP contribution < -0.4 is 0 Å². The zero-order valence-corrected chi connectivity index (χ0v) is 12.0. The van der Waals surface area contributed by atoms with Gasteiger partial charge in [0.1, 0.15) is 0 Å². The molecule has 0 bridgehead atoms. The highest BCUT2D eigenvalue weighted by molar-refractivity contribution is 8.03. The Morgan fingerprint density at radius 1 is 1.33 bits per heavy atom. The van der Waals surface area contributed by atoms with Gasteiger partial charge in [-0.15, -0.1) is 0 Å². The molecule has 0 aromatic heterocycles. The van der Waals surface area contributed by atoms with E-state index in [2.05, 4.69) is 26.4 Å². The van der Waals surface area contributed by atoms with Gasteiger partial charge < -0.3 is 5.11 Å². The number of aliphatic hydroxyl groups excluding tert-OH is 1. The Labute approximate surface area is 103 Å². The molecule has 0 heterocycles. The third kappa shape index (κ3) is 3.31. The van der Waals surface area contributed by atoms with Gasteiger partial charge >= 0.3 is 0 Å². The molecule has 1 aliphatic rings. The minimum Gasteiger partial charge on any atom is -0.393 e. The topological polar surface area (TPSA) is 20.2 Å². The van der Waals surface area contributed by atoms with Crippen LogP contribution in [-0.4, -0.2) is 34.2 Å². The lowest BCUT2D eigenvalue weighted by molar-refractivity contribution is 0.0357. The van der Waals surface area contributed by atoms with E-state index in [4.69, 9.17) is 0 Å². The van der Waals surface area contributed by atoms with Crippen LogP contribution in [0.3, 0.4) is 0 Å². The lowest BCUT2D eigenvalue weighted by Crippen LogP contribution is -2.44. The second kappa shape index (κ2) is 5.83. The van der Waals surface area contributed by atoms with Crippen LogP contribution >= 0.6 is 23.5 Å². The molecule has 1 fully saturated rings. The average Bonchev–Trinajstić information content (AvgIpc) is 2.17. The van der Waals surface area contributed by atoms with Crippen molar-refractivity contribution in [3.8, 4) is 0 Å². The van der Waals surface area contributed by atoms with Crippen molar-refractivity contribution in [2.75, 3.05) is 18.3 Å². The molecule has 4 atom stereocenters. The first-order valence-electron chi connectivity index (χ1n) is 5.75. The Hall–Kier alpha value is 0.660. The molecule has 1 nitrogen and oxygen atoms in total. The monoisotopic (exact) mass is 248 g/mol. The van der Waals surface area contributed by atoms with Gasteiger partial charge in [0.15, 0.2) is 0 Å². The first-order valence-corrected chi connectivity index (χ1v) is 8.37. The van der Waals surface area contributed by atoms with Gasteiger partial charge in [0.2, 0.25) is 0 Å². The first kappa shape index (κ1) is 13.7. The molecule has 3 heteroatoms. The fourth-order valence-electron chi connectivity index (χ4n) is 2.67. The molecule has 1 rings (SSSR count). The number of hydrogen-bond donors (Lipinski definition) is 1. The molecule has 4 unspecified atom stereocenters. The van der Waals surface area contributed by atoms with E-state index in [1.165, 1.54) is 12.8 Å². The summed E-state index contributed by atoms with van der Waals surface area (Å²) in [4.78, 5) is 0. The van der Waals surface area contributed by atoms with Crippen LogP contribution in [0.4, 0.5) is 0 Å². The van der Waals surface area contributed by atoms with Gasteiger partial charge in [0, 0.05) is 16.4 Å². The van der Waals surface area contributed by atoms with Crippen LogP contribution in [0.5, 0.6) is 0 Å². The lowest BCUT2D eigenvalue weighted by atomic mass is 9.75. The molecule has 0 aliphatic heterocycles. The summed E-state index contributed by atoms with van der Waals surface area (Å²) in [6.45, 7) is 4.57. The van der Waals surface area contributed by atoms with E-state index in [-0.39, 0.29) is 10.9 Å². The minimum absolute atomic E-state index is 0.0849. The van der Waals surface area contributed by atoms with Crippen LogP contribution in [0.1, 0.15) is 33.1 Å². The van der Waals surface area contributed by atoms with E-state index in [1.54, 1.807) is 0 Å². The molecule has 0 aromatic rings. The number of hydrogen-bond acceptors (Lipinski definition) is 3. The van der Waals surface area contributed by atoms with Crippen molar-refractivity contribution in [1.82, 2.24) is 0 Å². The zero-order chi connectivity index (χ0) is 11.5. The maximum absolute atomic E-state index is 10.2. The summed E-state index contributed by atoms with van der Waals surface area (Å²) in [5.41, 5.74) is 0. The molecule has 1 aliphatic carbocycles. The molecule has 15 heavy (non-hydrogen) atoms. The molecule has 1 N–H and O–H groups in total. The van der Waals surface area contributed by atoms with Crippen molar-refractivity contribution in [1.29, 1.82) is 0 Å². The van der Waals surface area contributed by atoms with Gasteiger partial charge in [-0.1, -0.05) is 13.3 Å². The van der Waals surface area contributed by atoms with Crippen LogP contribution in [-0.2, 0) is 0 Å².